The molecule has 0 aromatic heterocycles. The van der Waals surface area contributed by atoms with Crippen LogP contribution in [0.3, 0.4) is 0 Å². The van der Waals surface area contributed by atoms with E-state index in [-0.39, 0.29) is 0 Å². The minimum absolute atomic E-state index is 0.613. The maximum Gasteiger partial charge on any atom is 0.0994 e. The molecule has 3 heteroatoms. The first-order chi connectivity index (χ1) is 9.65. The summed E-state index contributed by atoms with van der Waals surface area (Å²) >= 11 is 0. The van der Waals surface area contributed by atoms with Gasteiger partial charge in [0.2, 0.25) is 0 Å². The van der Waals surface area contributed by atoms with Gasteiger partial charge in [-0.15, -0.1) is 0 Å². The zero-order valence-electron chi connectivity index (χ0n) is 12.4. The quantitative estimate of drug-likeness (QED) is 0.834. The third kappa shape index (κ3) is 3.40. The van der Waals surface area contributed by atoms with Crippen molar-refractivity contribution in [1.82, 2.24) is 10.2 Å². The first-order valence-corrected chi connectivity index (χ1v) is 7.90. The Kier molecular flexibility index (Phi) is 4.11. The summed E-state index contributed by atoms with van der Waals surface area (Å²) < 4.78 is 0. The van der Waals surface area contributed by atoms with Crippen molar-refractivity contribution in [3.05, 3.63) is 35.9 Å². The van der Waals surface area contributed by atoms with E-state index in [9.17, 15) is 5.11 Å². The fourth-order valence-electron chi connectivity index (χ4n) is 3.26. The summed E-state index contributed by atoms with van der Waals surface area (Å²) in [5.74, 6) is 0. The second-order valence-electron chi connectivity index (χ2n) is 6.59. The fourth-order valence-corrected chi connectivity index (χ4v) is 3.26. The third-order valence-corrected chi connectivity index (χ3v) is 4.59. The zero-order valence-corrected chi connectivity index (χ0v) is 12.4. The Morgan fingerprint density at radius 1 is 1.25 bits per heavy atom. The molecule has 1 aliphatic carbocycles. The van der Waals surface area contributed by atoms with Crippen LogP contribution in [-0.4, -0.2) is 41.7 Å². The maximum atomic E-state index is 10.8. The molecule has 0 bridgehead atoms. The van der Waals surface area contributed by atoms with Gasteiger partial charge in [-0.3, -0.25) is 4.90 Å². The molecule has 1 aliphatic heterocycles. The lowest BCUT2D eigenvalue weighted by molar-refractivity contribution is 0.0109. The van der Waals surface area contributed by atoms with E-state index in [1.807, 2.05) is 37.3 Å². The summed E-state index contributed by atoms with van der Waals surface area (Å²) in [7, 11) is 0. The summed E-state index contributed by atoms with van der Waals surface area (Å²) in [4.78, 5) is 2.50. The summed E-state index contributed by atoms with van der Waals surface area (Å²) in [5, 5.41) is 14.4. The zero-order chi connectivity index (χ0) is 14.0. The SMILES string of the molecule is CC(O)(CN(CC1CCCN1)C1CC1)c1ccccc1. The van der Waals surface area contributed by atoms with Gasteiger partial charge in [-0.2, -0.15) is 0 Å². The van der Waals surface area contributed by atoms with Gasteiger partial charge in [0.25, 0.3) is 0 Å². The molecule has 3 nitrogen and oxygen atoms in total. The van der Waals surface area contributed by atoms with E-state index in [0.717, 1.165) is 25.2 Å². The van der Waals surface area contributed by atoms with Crippen molar-refractivity contribution in [2.45, 2.75) is 50.3 Å². The van der Waals surface area contributed by atoms with Crippen LogP contribution in [0.5, 0.6) is 0 Å². The van der Waals surface area contributed by atoms with Crippen LogP contribution < -0.4 is 5.32 Å². The molecule has 1 saturated heterocycles. The Morgan fingerprint density at radius 2 is 2.00 bits per heavy atom. The van der Waals surface area contributed by atoms with Gasteiger partial charge in [-0.25, -0.2) is 0 Å². The highest BCUT2D eigenvalue weighted by atomic mass is 16.3. The fraction of sp³-hybridized carbons (Fsp3) is 0.647. The smallest absolute Gasteiger partial charge is 0.0994 e. The highest BCUT2D eigenvalue weighted by Crippen LogP contribution is 2.31. The summed E-state index contributed by atoms with van der Waals surface area (Å²) in [6.45, 7) is 4.91. The van der Waals surface area contributed by atoms with E-state index < -0.39 is 5.60 Å². The normalized spacial score (nSPS) is 25.9. The number of rotatable bonds is 6. The molecule has 1 aromatic carbocycles. The van der Waals surface area contributed by atoms with Gasteiger partial charge in [-0.1, -0.05) is 30.3 Å². The lowest BCUT2D eigenvalue weighted by Gasteiger charge is -2.33. The van der Waals surface area contributed by atoms with Crippen LogP contribution in [0.2, 0.25) is 0 Å². The van der Waals surface area contributed by atoms with Gasteiger partial charge in [0.15, 0.2) is 0 Å². The predicted octanol–water partition coefficient (Wildman–Crippen LogP) is 2.11. The first-order valence-electron chi connectivity index (χ1n) is 7.90. The Hall–Kier alpha value is -0.900. The molecule has 2 atom stereocenters. The Balaban J connectivity index is 1.66. The summed E-state index contributed by atoms with van der Waals surface area (Å²) in [6.07, 6.45) is 5.14. The van der Waals surface area contributed by atoms with Crippen molar-refractivity contribution < 1.29 is 5.11 Å². The van der Waals surface area contributed by atoms with E-state index in [1.165, 1.54) is 25.7 Å². The van der Waals surface area contributed by atoms with E-state index >= 15 is 0 Å². The monoisotopic (exact) mass is 274 g/mol. The molecule has 2 N–H and O–H groups in total. The molecule has 20 heavy (non-hydrogen) atoms. The highest BCUT2D eigenvalue weighted by molar-refractivity contribution is 5.22. The second-order valence-corrected chi connectivity index (χ2v) is 6.59. The lowest BCUT2D eigenvalue weighted by atomic mass is 9.95. The standard InChI is InChI=1S/C17H26N2O/c1-17(20,14-6-3-2-4-7-14)13-19(16-9-10-16)12-15-8-5-11-18-15/h2-4,6-7,15-16,18,20H,5,8-13H2,1H3. The second kappa shape index (κ2) is 5.84. The third-order valence-electron chi connectivity index (χ3n) is 4.59. The molecule has 3 rings (SSSR count). The molecule has 1 heterocycles. The summed E-state index contributed by atoms with van der Waals surface area (Å²) in [5.41, 5.74) is 0.257. The van der Waals surface area contributed by atoms with Crippen LogP contribution in [-0.2, 0) is 5.60 Å². The Bertz CT molecular complexity index is 422. The van der Waals surface area contributed by atoms with Crippen LogP contribution >= 0.6 is 0 Å². The van der Waals surface area contributed by atoms with Gasteiger partial charge in [-0.05, 0) is 44.7 Å². The average molecular weight is 274 g/mol. The van der Waals surface area contributed by atoms with Crippen LogP contribution in [0, 0.1) is 0 Å². The van der Waals surface area contributed by atoms with Gasteiger partial charge in [0, 0.05) is 25.2 Å². The van der Waals surface area contributed by atoms with Crippen LogP contribution in [0.4, 0.5) is 0 Å². The maximum absolute atomic E-state index is 10.8. The van der Waals surface area contributed by atoms with Crippen molar-refractivity contribution in [3.8, 4) is 0 Å². The molecule has 0 amide bonds. The largest absolute Gasteiger partial charge is 0.384 e. The molecule has 1 saturated carbocycles. The van der Waals surface area contributed by atoms with Gasteiger partial charge in [0.05, 0.1) is 5.60 Å². The molecule has 2 unspecified atom stereocenters. The summed E-state index contributed by atoms with van der Waals surface area (Å²) in [6, 6.07) is 11.4. The number of benzene rings is 1. The van der Waals surface area contributed by atoms with Crippen LogP contribution in [0.1, 0.15) is 38.2 Å². The van der Waals surface area contributed by atoms with Crippen molar-refractivity contribution in [1.29, 1.82) is 0 Å². The molecular weight excluding hydrogens is 248 g/mol. The highest BCUT2D eigenvalue weighted by Gasteiger charge is 2.36. The van der Waals surface area contributed by atoms with Crippen LogP contribution in [0.15, 0.2) is 30.3 Å². The number of nitrogens with zero attached hydrogens (tertiary/aromatic N) is 1. The number of hydrogen-bond acceptors (Lipinski definition) is 3. The number of nitrogens with one attached hydrogen (secondary N) is 1. The Morgan fingerprint density at radius 3 is 2.60 bits per heavy atom. The van der Waals surface area contributed by atoms with Gasteiger partial charge in [0.1, 0.15) is 0 Å². The molecule has 1 aromatic rings. The van der Waals surface area contributed by atoms with E-state index in [1.54, 1.807) is 0 Å². The van der Waals surface area contributed by atoms with Crippen molar-refractivity contribution >= 4 is 0 Å². The number of hydrogen-bond donors (Lipinski definition) is 2. The Labute approximate surface area is 122 Å². The van der Waals surface area contributed by atoms with Gasteiger partial charge < -0.3 is 10.4 Å². The molecule has 2 aliphatic rings. The molecule has 110 valence electrons. The van der Waals surface area contributed by atoms with E-state index in [0.29, 0.717) is 12.1 Å². The molecule has 0 radical (unpaired) electrons. The van der Waals surface area contributed by atoms with Crippen molar-refractivity contribution in [3.63, 3.8) is 0 Å². The minimum Gasteiger partial charge on any atom is -0.384 e. The van der Waals surface area contributed by atoms with Crippen LogP contribution in [0.25, 0.3) is 0 Å². The molecular formula is C17H26N2O. The average Bonchev–Trinajstić information content (AvgIpc) is 3.18. The number of aliphatic hydroxyl groups is 1. The van der Waals surface area contributed by atoms with Gasteiger partial charge >= 0.3 is 0 Å². The molecule has 2 fully saturated rings. The minimum atomic E-state index is -0.761. The topological polar surface area (TPSA) is 35.5 Å². The van der Waals surface area contributed by atoms with E-state index in [4.69, 9.17) is 0 Å². The van der Waals surface area contributed by atoms with Crippen molar-refractivity contribution in [2.75, 3.05) is 19.6 Å². The predicted molar refractivity (Wildman–Crippen MR) is 81.6 cm³/mol. The van der Waals surface area contributed by atoms with Crippen molar-refractivity contribution in [2.24, 2.45) is 0 Å². The molecule has 0 spiro atoms. The lowest BCUT2D eigenvalue weighted by Crippen LogP contribution is -2.45. The van der Waals surface area contributed by atoms with E-state index in [2.05, 4.69) is 10.2 Å². The first kappa shape index (κ1) is 14.1.